The van der Waals surface area contributed by atoms with Gasteiger partial charge in [-0.2, -0.15) is 13.7 Å². The molecule has 0 unspecified atom stereocenters. The molecule has 0 radical (unpaired) electrons. The van der Waals surface area contributed by atoms with Gasteiger partial charge in [0.25, 0.3) is 10.0 Å². The molecule has 3 rings (SSSR count). The smallest absolute Gasteiger partial charge is 0.289 e. The molecule has 0 atom stereocenters. The van der Waals surface area contributed by atoms with Gasteiger partial charge in [-0.25, -0.2) is 4.98 Å². The number of benzene rings is 1. The van der Waals surface area contributed by atoms with Crippen LogP contribution >= 0.6 is 11.3 Å². The van der Waals surface area contributed by atoms with Crippen molar-refractivity contribution in [2.45, 2.75) is 18.2 Å². The molecule has 6 nitrogen and oxygen atoms in total. The first kappa shape index (κ1) is 14.6. The Morgan fingerprint density at radius 2 is 2.14 bits per heavy atom. The largest absolute Gasteiger partial charge is 0.358 e. The van der Waals surface area contributed by atoms with Crippen LogP contribution in [0.1, 0.15) is 16.1 Å². The van der Waals surface area contributed by atoms with Gasteiger partial charge in [0.1, 0.15) is 6.07 Å². The molecule has 0 amide bonds. The number of hydrogen-bond acceptors (Lipinski definition) is 5. The lowest BCUT2D eigenvalue weighted by molar-refractivity contribution is 0.600. The number of nitrogens with one attached hydrogen (secondary N) is 2. The molecule has 0 aliphatic carbocycles. The van der Waals surface area contributed by atoms with Gasteiger partial charge >= 0.3 is 0 Å². The molecule has 0 bridgehead atoms. The molecular weight excluding hydrogens is 320 g/mol. The normalized spacial score (nSPS) is 11.5. The number of hydrogen-bond donors (Lipinski definition) is 2. The molecule has 0 fully saturated rings. The van der Waals surface area contributed by atoms with Gasteiger partial charge in [0, 0.05) is 16.5 Å². The number of aryl methyl sites for hydroxylation is 2. The number of anilines is 1. The van der Waals surface area contributed by atoms with E-state index in [4.69, 9.17) is 5.26 Å². The summed E-state index contributed by atoms with van der Waals surface area (Å²) in [4.78, 5) is 7.88. The van der Waals surface area contributed by atoms with Crippen LogP contribution in [0.4, 0.5) is 5.69 Å². The highest BCUT2D eigenvalue weighted by molar-refractivity contribution is 7.94. The summed E-state index contributed by atoms with van der Waals surface area (Å²) in [7, 11) is -3.75. The van der Waals surface area contributed by atoms with Gasteiger partial charge in [-0.05, 0) is 19.9 Å². The molecule has 0 spiro atoms. The first-order chi connectivity index (χ1) is 10.4. The van der Waals surface area contributed by atoms with E-state index in [1.54, 1.807) is 31.3 Å². The summed E-state index contributed by atoms with van der Waals surface area (Å²) in [6, 6.07) is 7.17. The van der Waals surface area contributed by atoms with E-state index in [-0.39, 0.29) is 4.34 Å². The van der Waals surface area contributed by atoms with Crippen molar-refractivity contribution in [1.29, 1.82) is 5.26 Å². The highest BCUT2D eigenvalue weighted by Gasteiger charge is 2.21. The summed E-state index contributed by atoms with van der Waals surface area (Å²) in [5.41, 5.74) is 2.14. The van der Waals surface area contributed by atoms with Gasteiger partial charge < -0.3 is 4.98 Å². The summed E-state index contributed by atoms with van der Waals surface area (Å²) in [6.07, 6.45) is 1.56. The SMILES string of the molecule is Cc1nc(S(=O)(=O)Nc2cccc3c(C#N)c[nH]c23)sc1C. The van der Waals surface area contributed by atoms with Gasteiger partial charge in [0.2, 0.25) is 4.34 Å². The Morgan fingerprint density at radius 1 is 1.36 bits per heavy atom. The number of H-pyrrole nitrogens is 1. The fourth-order valence-corrected chi connectivity index (χ4v) is 4.46. The number of sulfonamides is 1. The quantitative estimate of drug-likeness (QED) is 0.770. The van der Waals surface area contributed by atoms with Crippen LogP contribution < -0.4 is 4.72 Å². The zero-order chi connectivity index (χ0) is 15.9. The Bertz CT molecular complexity index is 990. The number of fused-ring (bicyclic) bond motifs is 1. The van der Waals surface area contributed by atoms with Gasteiger partial charge in [-0.3, -0.25) is 4.72 Å². The number of rotatable bonds is 3. The molecule has 3 aromatic rings. The molecule has 2 heterocycles. The van der Waals surface area contributed by atoms with Crippen molar-refractivity contribution in [3.8, 4) is 6.07 Å². The third-order valence-corrected chi connectivity index (χ3v) is 6.13. The second kappa shape index (κ2) is 5.12. The minimum Gasteiger partial charge on any atom is -0.358 e. The van der Waals surface area contributed by atoms with E-state index in [0.29, 0.717) is 27.8 Å². The molecule has 0 aliphatic rings. The topological polar surface area (TPSA) is 98.6 Å². The maximum absolute atomic E-state index is 12.4. The van der Waals surface area contributed by atoms with Crippen molar-refractivity contribution in [1.82, 2.24) is 9.97 Å². The third-order valence-electron chi connectivity index (χ3n) is 3.32. The first-order valence-corrected chi connectivity index (χ1v) is 8.69. The molecule has 0 aliphatic heterocycles. The lowest BCUT2D eigenvalue weighted by Crippen LogP contribution is -2.13. The molecule has 112 valence electrons. The number of nitrogens with zero attached hydrogens (tertiary/aromatic N) is 2. The molecule has 8 heteroatoms. The van der Waals surface area contributed by atoms with E-state index in [0.717, 1.165) is 16.2 Å². The Balaban J connectivity index is 2.06. The van der Waals surface area contributed by atoms with E-state index < -0.39 is 10.0 Å². The first-order valence-electron chi connectivity index (χ1n) is 6.39. The molecule has 2 aromatic heterocycles. The Morgan fingerprint density at radius 3 is 2.77 bits per heavy atom. The van der Waals surface area contributed by atoms with Crippen LogP contribution in [0.2, 0.25) is 0 Å². The van der Waals surface area contributed by atoms with Gasteiger partial charge in [-0.15, -0.1) is 11.3 Å². The van der Waals surface area contributed by atoms with Crippen molar-refractivity contribution in [3.63, 3.8) is 0 Å². The van der Waals surface area contributed by atoms with E-state index in [2.05, 4.69) is 20.8 Å². The second-order valence-corrected chi connectivity index (χ2v) is 7.83. The highest BCUT2D eigenvalue weighted by atomic mass is 32.2. The maximum Gasteiger partial charge on any atom is 0.289 e. The van der Waals surface area contributed by atoms with E-state index in [9.17, 15) is 8.42 Å². The van der Waals surface area contributed by atoms with Gasteiger partial charge in [-0.1, -0.05) is 12.1 Å². The lowest BCUT2D eigenvalue weighted by Gasteiger charge is -2.06. The van der Waals surface area contributed by atoms with Crippen molar-refractivity contribution in [3.05, 3.63) is 40.5 Å². The Hall–Kier alpha value is -2.37. The van der Waals surface area contributed by atoms with Crippen LogP contribution in [-0.4, -0.2) is 18.4 Å². The summed E-state index contributed by atoms with van der Waals surface area (Å²) in [5, 5.41) is 9.72. The average Bonchev–Trinajstić information content (AvgIpc) is 3.04. The Labute approximate surface area is 131 Å². The van der Waals surface area contributed by atoms with Crippen LogP contribution in [-0.2, 0) is 10.0 Å². The zero-order valence-electron chi connectivity index (χ0n) is 11.8. The molecule has 22 heavy (non-hydrogen) atoms. The van der Waals surface area contributed by atoms with Crippen molar-refractivity contribution in [2.24, 2.45) is 0 Å². The van der Waals surface area contributed by atoms with Crippen LogP contribution in [0, 0.1) is 25.2 Å². The molecular formula is C14H12N4O2S2. The number of aromatic nitrogens is 2. The standard InChI is InChI=1S/C14H12N4O2S2/c1-8-9(2)21-14(17-8)22(19,20)18-12-5-3-4-11-10(6-15)7-16-13(11)12/h3-5,7,16,18H,1-2H3. The average molecular weight is 332 g/mol. The van der Waals surface area contributed by atoms with E-state index >= 15 is 0 Å². The van der Waals surface area contributed by atoms with E-state index in [1.165, 1.54) is 0 Å². The fraction of sp³-hybridized carbons (Fsp3) is 0.143. The zero-order valence-corrected chi connectivity index (χ0v) is 13.5. The molecule has 2 N–H and O–H groups in total. The van der Waals surface area contributed by atoms with Crippen LogP contribution in [0.25, 0.3) is 10.9 Å². The maximum atomic E-state index is 12.4. The number of para-hydroxylation sites is 1. The van der Waals surface area contributed by atoms with Gasteiger partial charge in [0.05, 0.1) is 22.5 Å². The molecule has 0 saturated heterocycles. The van der Waals surface area contributed by atoms with Crippen LogP contribution in [0.15, 0.2) is 28.7 Å². The van der Waals surface area contributed by atoms with Crippen LogP contribution in [0.3, 0.4) is 0 Å². The van der Waals surface area contributed by atoms with Crippen molar-refractivity contribution in [2.75, 3.05) is 4.72 Å². The van der Waals surface area contributed by atoms with Crippen molar-refractivity contribution >= 4 is 38.0 Å². The van der Waals surface area contributed by atoms with Gasteiger partial charge in [0.15, 0.2) is 0 Å². The number of thiazole rings is 1. The number of nitriles is 1. The minimum absolute atomic E-state index is 0.0339. The number of aromatic amines is 1. The summed E-state index contributed by atoms with van der Waals surface area (Å²) < 4.78 is 27.5. The van der Waals surface area contributed by atoms with Crippen LogP contribution in [0.5, 0.6) is 0 Å². The van der Waals surface area contributed by atoms with E-state index in [1.807, 2.05) is 6.92 Å². The third kappa shape index (κ3) is 2.34. The fourth-order valence-electron chi connectivity index (χ4n) is 2.08. The summed E-state index contributed by atoms with van der Waals surface area (Å²) in [5.74, 6) is 0. The summed E-state index contributed by atoms with van der Waals surface area (Å²) >= 11 is 1.13. The van der Waals surface area contributed by atoms with Crippen molar-refractivity contribution < 1.29 is 8.42 Å². The predicted octanol–water partition coefficient (Wildman–Crippen LogP) is 2.91. The lowest BCUT2D eigenvalue weighted by atomic mass is 10.2. The minimum atomic E-state index is -3.75. The Kier molecular flexibility index (Phi) is 3.39. The molecule has 1 aromatic carbocycles. The monoisotopic (exact) mass is 332 g/mol. The predicted molar refractivity (Wildman–Crippen MR) is 85.4 cm³/mol. The second-order valence-electron chi connectivity index (χ2n) is 4.77. The summed E-state index contributed by atoms with van der Waals surface area (Å²) in [6.45, 7) is 3.60. The molecule has 0 saturated carbocycles. The highest BCUT2D eigenvalue weighted by Crippen LogP contribution is 2.28.